The maximum atomic E-state index is 12.0. The summed E-state index contributed by atoms with van der Waals surface area (Å²) >= 11 is 0. The van der Waals surface area contributed by atoms with Crippen molar-refractivity contribution in [1.29, 1.82) is 0 Å². The first-order valence-electron chi connectivity index (χ1n) is 8.47. The molecular weight excluding hydrogens is 300 g/mol. The summed E-state index contributed by atoms with van der Waals surface area (Å²) in [5.41, 5.74) is 4.76. The summed E-state index contributed by atoms with van der Waals surface area (Å²) in [4.78, 5) is 12.0. The van der Waals surface area contributed by atoms with Crippen molar-refractivity contribution in [2.24, 2.45) is 5.41 Å². The Morgan fingerprint density at radius 2 is 2.04 bits per heavy atom. The third-order valence-corrected chi connectivity index (χ3v) is 4.63. The third-order valence-electron chi connectivity index (χ3n) is 4.63. The molecule has 1 aliphatic carbocycles. The van der Waals surface area contributed by atoms with E-state index < -0.39 is 0 Å². The standard InChI is InChI=1S/C19H26N4O/c1-13-5-7-14(8-6-13)23-17-10-19(2,3)9-16(15(17)11-21-23)22-18(24)12-20-4/h5-8,11,16,20H,9-10,12H2,1-4H3,(H,22,24). The first-order chi connectivity index (χ1) is 11.4. The SMILES string of the molecule is CNCC(=O)NC1CC(C)(C)Cc2c1cnn2-c1ccc(C)cc1. The van der Waals surface area contributed by atoms with E-state index in [-0.39, 0.29) is 17.4 Å². The lowest BCUT2D eigenvalue weighted by atomic mass is 9.74. The zero-order valence-electron chi connectivity index (χ0n) is 14.9. The summed E-state index contributed by atoms with van der Waals surface area (Å²) in [6, 6.07) is 8.41. The van der Waals surface area contributed by atoms with Crippen molar-refractivity contribution in [1.82, 2.24) is 20.4 Å². The number of aryl methyl sites for hydroxylation is 1. The summed E-state index contributed by atoms with van der Waals surface area (Å²) in [5, 5.41) is 10.7. The molecule has 0 bridgehead atoms. The number of amides is 1. The van der Waals surface area contributed by atoms with Gasteiger partial charge in [0.1, 0.15) is 0 Å². The molecule has 1 atom stereocenters. The molecule has 1 unspecified atom stereocenters. The van der Waals surface area contributed by atoms with Gasteiger partial charge in [-0.05, 0) is 44.4 Å². The van der Waals surface area contributed by atoms with E-state index in [1.807, 2.05) is 10.9 Å². The van der Waals surface area contributed by atoms with Crippen LogP contribution in [0, 0.1) is 12.3 Å². The second-order valence-electron chi connectivity index (χ2n) is 7.49. The Kier molecular flexibility index (Phi) is 4.45. The third kappa shape index (κ3) is 3.36. The number of nitrogens with one attached hydrogen (secondary N) is 2. The van der Waals surface area contributed by atoms with E-state index in [0.717, 1.165) is 24.1 Å². The lowest BCUT2D eigenvalue weighted by Crippen LogP contribution is -2.39. The summed E-state index contributed by atoms with van der Waals surface area (Å²) in [6.45, 7) is 6.91. The highest BCUT2D eigenvalue weighted by Gasteiger charge is 2.35. The smallest absolute Gasteiger partial charge is 0.234 e. The minimum absolute atomic E-state index is 0.0174. The van der Waals surface area contributed by atoms with Crippen LogP contribution in [0.15, 0.2) is 30.5 Å². The maximum Gasteiger partial charge on any atom is 0.234 e. The average molecular weight is 326 g/mol. The molecule has 128 valence electrons. The highest BCUT2D eigenvalue weighted by molar-refractivity contribution is 5.78. The number of carbonyl (C=O) groups excluding carboxylic acids is 1. The van der Waals surface area contributed by atoms with Crippen molar-refractivity contribution in [3.05, 3.63) is 47.3 Å². The number of hydrogen-bond donors (Lipinski definition) is 2. The Balaban J connectivity index is 1.96. The number of nitrogens with zero attached hydrogens (tertiary/aromatic N) is 2. The van der Waals surface area contributed by atoms with Crippen molar-refractivity contribution in [2.45, 2.75) is 39.7 Å². The number of aromatic nitrogens is 2. The molecule has 1 aliphatic rings. The predicted molar refractivity (Wildman–Crippen MR) is 95.2 cm³/mol. The quantitative estimate of drug-likeness (QED) is 0.908. The average Bonchev–Trinajstić information content (AvgIpc) is 2.90. The van der Waals surface area contributed by atoms with Gasteiger partial charge in [-0.1, -0.05) is 31.5 Å². The molecule has 0 aliphatic heterocycles. The molecule has 5 nitrogen and oxygen atoms in total. The summed E-state index contributed by atoms with van der Waals surface area (Å²) in [6.07, 6.45) is 3.79. The summed E-state index contributed by atoms with van der Waals surface area (Å²) < 4.78 is 2.02. The Bertz CT molecular complexity index is 730. The van der Waals surface area contributed by atoms with Gasteiger partial charge in [-0.3, -0.25) is 4.79 Å². The largest absolute Gasteiger partial charge is 0.348 e. The van der Waals surface area contributed by atoms with Crippen LogP contribution in [0.25, 0.3) is 5.69 Å². The van der Waals surface area contributed by atoms with E-state index in [1.54, 1.807) is 7.05 Å². The molecule has 1 amide bonds. The van der Waals surface area contributed by atoms with Gasteiger partial charge in [0.15, 0.2) is 0 Å². The van der Waals surface area contributed by atoms with Crippen LogP contribution in [0.2, 0.25) is 0 Å². The molecule has 2 N–H and O–H groups in total. The second-order valence-corrected chi connectivity index (χ2v) is 7.49. The minimum atomic E-state index is 0.0174. The van der Waals surface area contributed by atoms with Crippen molar-refractivity contribution in [2.75, 3.05) is 13.6 Å². The Morgan fingerprint density at radius 1 is 1.33 bits per heavy atom. The van der Waals surface area contributed by atoms with E-state index in [0.29, 0.717) is 6.54 Å². The van der Waals surface area contributed by atoms with Crippen molar-refractivity contribution >= 4 is 5.91 Å². The molecule has 24 heavy (non-hydrogen) atoms. The molecule has 0 saturated carbocycles. The topological polar surface area (TPSA) is 59.0 Å². The van der Waals surface area contributed by atoms with Gasteiger partial charge in [-0.15, -0.1) is 0 Å². The number of fused-ring (bicyclic) bond motifs is 1. The lowest BCUT2D eigenvalue weighted by molar-refractivity contribution is -0.121. The predicted octanol–water partition coefficient (Wildman–Crippen LogP) is 2.53. The molecule has 1 aromatic heterocycles. The molecule has 1 heterocycles. The molecular formula is C19H26N4O. The highest BCUT2D eigenvalue weighted by atomic mass is 16.1. The number of rotatable bonds is 4. The number of benzene rings is 1. The fourth-order valence-electron chi connectivity index (χ4n) is 3.49. The van der Waals surface area contributed by atoms with E-state index in [2.05, 4.69) is 60.8 Å². The van der Waals surface area contributed by atoms with Gasteiger partial charge in [0, 0.05) is 5.56 Å². The Hall–Kier alpha value is -2.14. The molecule has 3 rings (SSSR count). The highest BCUT2D eigenvalue weighted by Crippen LogP contribution is 2.41. The lowest BCUT2D eigenvalue weighted by Gasteiger charge is -2.36. The van der Waals surface area contributed by atoms with Crippen LogP contribution in [-0.2, 0) is 11.2 Å². The molecule has 0 fully saturated rings. The second kappa shape index (κ2) is 6.40. The number of carbonyl (C=O) groups is 1. The van der Waals surface area contributed by atoms with Gasteiger partial charge in [0.2, 0.25) is 5.91 Å². The van der Waals surface area contributed by atoms with Crippen LogP contribution in [0.4, 0.5) is 0 Å². The van der Waals surface area contributed by atoms with Crippen molar-refractivity contribution < 1.29 is 4.79 Å². The van der Waals surface area contributed by atoms with Gasteiger partial charge in [0.25, 0.3) is 0 Å². The molecule has 0 spiro atoms. The van der Waals surface area contributed by atoms with Crippen LogP contribution in [0.3, 0.4) is 0 Å². The normalized spacial score (nSPS) is 18.9. The number of hydrogen-bond acceptors (Lipinski definition) is 3. The van der Waals surface area contributed by atoms with E-state index in [1.165, 1.54) is 11.3 Å². The van der Waals surface area contributed by atoms with Gasteiger partial charge < -0.3 is 10.6 Å². The van der Waals surface area contributed by atoms with Crippen LogP contribution >= 0.6 is 0 Å². The van der Waals surface area contributed by atoms with Crippen LogP contribution in [0.5, 0.6) is 0 Å². The fourth-order valence-corrected chi connectivity index (χ4v) is 3.49. The summed E-state index contributed by atoms with van der Waals surface area (Å²) in [5.74, 6) is 0.0224. The van der Waals surface area contributed by atoms with Crippen molar-refractivity contribution in [3.63, 3.8) is 0 Å². The van der Waals surface area contributed by atoms with Crippen LogP contribution in [-0.4, -0.2) is 29.3 Å². The van der Waals surface area contributed by atoms with Crippen molar-refractivity contribution in [3.8, 4) is 5.69 Å². The van der Waals surface area contributed by atoms with Crippen LogP contribution < -0.4 is 10.6 Å². The molecule has 5 heteroatoms. The first kappa shape index (κ1) is 16.7. The van der Waals surface area contributed by atoms with Crippen LogP contribution in [0.1, 0.15) is 43.1 Å². The molecule has 0 saturated heterocycles. The Labute approximate surface area is 143 Å². The summed E-state index contributed by atoms with van der Waals surface area (Å²) in [7, 11) is 1.78. The molecule has 0 radical (unpaired) electrons. The van der Waals surface area contributed by atoms with Gasteiger partial charge in [0.05, 0.1) is 30.2 Å². The monoisotopic (exact) mass is 326 g/mol. The zero-order chi connectivity index (χ0) is 17.3. The van der Waals surface area contributed by atoms with E-state index >= 15 is 0 Å². The van der Waals surface area contributed by atoms with Gasteiger partial charge >= 0.3 is 0 Å². The Morgan fingerprint density at radius 3 is 2.71 bits per heavy atom. The molecule has 1 aromatic carbocycles. The van der Waals surface area contributed by atoms with E-state index in [9.17, 15) is 4.79 Å². The minimum Gasteiger partial charge on any atom is -0.348 e. The number of likely N-dealkylation sites (N-methyl/N-ethyl adjacent to an activating group) is 1. The molecule has 2 aromatic rings. The maximum absolute atomic E-state index is 12.0. The first-order valence-corrected chi connectivity index (χ1v) is 8.47. The van der Waals surface area contributed by atoms with Gasteiger partial charge in [-0.25, -0.2) is 4.68 Å². The fraction of sp³-hybridized carbons (Fsp3) is 0.474. The van der Waals surface area contributed by atoms with Gasteiger partial charge in [-0.2, -0.15) is 5.10 Å². The zero-order valence-corrected chi connectivity index (χ0v) is 14.9. The van der Waals surface area contributed by atoms with E-state index in [4.69, 9.17) is 0 Å².